The molecular formula is C23H23N3O4S. The predicted octanol–water partition coefficient (Wildman–Crippen LogP) is 3.11. The van der Waals surface area contributed by atoms with Crippen molar-refractivity contribution in [1.82, 2.24) is 9.88 Å². The molecule has 0 radical (unpaired) electrons. The lowest BCUT2D eigenvalue weighted by Gasteiger charge is -2.30. The zero-order valence-corrected chi connectivity index (χ0v) is 17.9. The number of fused-ring (bicyclic) bond motifs is 2. The van der Waals surface area contributed by atoms with Gasteiger partial charge in [-0.25, -0.2) is 4.98 Å². The van der Waals surface area contributed by atoms with Crippen LogP contribution in [0.15, 0.2) is 59.6 Å². The Morgan fingerprint density at radius 3 is 2.68 bits per heavy atom. The monoisotopic (exact) mass is 437 g/mol. The Kier molecular flexibility index (Phi) is 6.27. The summed E-state index contributed by atoms with van der Waals surface area (Å²) >= 11 is 1.29. The summed E-state index contributed by atoms with van der Waals surface area (Å²) in [5.74, 6) is 1.05. The number of carbonyl (C=O) groups is 2. The lowest BCUT2D eigenvalue weighted by Crippen LogP contribution is -2.44. The number of rotatable bonds is 7. The molecule has 1 atom stereocenters. The molecule has 2 heterocycles. The lowest BCUT2D eigenvalue weighted by molar-refractivity contribution is -0.129. The number of primary amides is 1. The van der Waals surface area contributed by atoms with Gasteiger partial charge in [-0.1, -0.05) is 42.1 Å². The van der Waals surface area contributed by atoms with Crippen molar-refractivity contribution in [3.05, 3.63) is 60.2 Å². The summed E-state index contributed by atoms with van der Waals surface area (Å²) in [5.41, 5.74) is 6.61. The Balaban J connectivity index is 1.41. The Hall–Kier alpha value is -3.26. The van der Waals surface area contributed by atoms with E-state index in [9.17, 15) is 9.59 Å². The van der Waals surface area contributed by atoms with Gasteiger partial charge >= 0.3 is 0 Å². The number of nitrogens with zero attached hydrogens (tertiary/aromatic N) is 2. The number of carbonyl (C=O) groups excluding carboxylic acids is 2. The highest BCUT2D eigenvalue weighted by atomic mass is 32.2. The number of amides is 2. The van der Waals surface area contributed by atoms with Gasteiger partial charge in [0.1, 0.15) is 6.61 Å². The van der Waals surface area contributed by atoms with Crippen LogP contribution >= 0.6 is 11.8 Å². The highest BCUT2D eigenvalue weighted by Crippen LogP contribution is 2.31. The number of benzene rings is 2. The van der Waals surface area contributed by atoms with Crippen LogP contribution in [0.1, 0.15) is 17.3 Å². The summed E-state index contributed by atoms with van der Waals surface area (Å²) in [6.07, 6.45) is -0.232. The third-order valence-corrected chi connectivity index (χ3v) is 5.92. The number of likely N-dealkylation sites (N-methyl/N-ethyl adjacent to an activating group) is 1. The number of ether oxygens (including phenoxy) is 2. The smallest absolute Gasteiger partial charge is 0.249 e. The third-order valence-electron chi connectivity index (χ3n) is 5.03. The zero-order valence-electron chi connectivity index (χ0n) is 17.1. The second-order valence-corrected chi connectivity index (χ2v) is 8.10. The van der Waals surface area contributed by atoms with E-state index >= 15 is 0 Å². The van der Waals surface area contributed by atoms with E-state index < -0.39 is 5.91 Å². The molecule has 8 heteroatoms. The number of aromatic nitrogens is 1. The second-order valence-electron chi connectivity index (χ2n) is 7.11. The van der Waals surface area contributed by atoms with Gasteiger partial charge in [0.2, 0.25) is 11.8 Å². The highest BCUT2D eigenvalue weighted by Gasteiger charge is 2.25. The number of para-hydroxylation sites is 3. The van der Waals surface area contributed by atoms with E-state index in [4.69, 9.17) is 15.2 Å². The van der Waals surface area contributed by atoms with Crippen LogP contribution in [0.2, 0.25) is 0 Å². The summed E-state index contributed by atoms with van der Waals surface area (Å²) in [4.78, 5) is 31.0. The van der Waals surface area contributed by atoms with E-state index in [0.29, 0.717) is 46.9 Å². The molecule has 7 nitrogen and oxygen atoms in total. The SMILES string of the molecule is CCN(C[C@H]1COc2ccccc2O1)C(=O)CSc1cc(C(N)=O)c2ccccc2n1. The van der Waals surface area contributed by atoms with Crippen molar-refractivity contribution >= 4 is 34.5 Å². The van der Waals surface area contributed by atoms with Gasteiger partial charge in [-0.15, -0.1) is 0 Å². The standard InChI is InChI=1S/C23H23N3O4S/c1-2-26(12-15-13-29-19-9-5-6-10-20(19)30-15)22(27)14-31-21-11-17(23(24)28)16-7-3-4-8-18(16)25-21/h3-11,15H,2,12-14H2,1H3,(H2,24,28)/t15-/m0/s1. The largest absolute Gasteiger partial charge is 0.486 e. The van der Waals surface area contributed by atoms with Crippen LogP contribution in [-0.4, -0.2) is 53.3 Å². The molecule has 2 aromatic carbocycles. The minimum atomic E-state index is -0.517. The van der Waals surface area contributed by atoms with Crippen molar-refractivity contribution in [1.29, 1.82) is 0 Å². The summed E-state index contributed by atoms with van der Waals surface area (Å²) in [7, 11) is 0. The molecule has 4 rings (SSSR count). The van der Waals surface area contributed by atoms with Crippen LogP contribution in [-0.2, 0) is 4.79 Å². The van der Waals surface area contributed by atoms with Crippen molar-refractivity contribution < 1.29 is 19.1 Å². The van der Waals surface area contributed by atoms with Gasteiger partial charge in [0.05, 0.1) is 28.4 Å². The normalized spacial score (nSPS) is 14.9. The van der Waals surface area contributed by atoms with Crippen LogP contribution in [0.25, 0.3) is 10.9 Å². The van der Waals surface area contributed by atoms with Crippen molar-refractivity contribution in [3.8, 4) is 11.5 Å². The third kappa shape index (κ3) is 4.74. The van der Waals surface area contributed by atoms with E-state index in [0.717, 1.165) is 5.75 Å². The topological polar surface area (TPSA) is 94.8 Å². The summed E-state index contributed by atoms with van der Waals surface area (Å²) in [6, 6.07) is 16.5. The lowest BCUT2D eigenvalue weighted by atomic mass is 10.1. The molecule has 0 saturated heterocycles. The van der Waals surface area contributed by atoms with E-state index in [1.54, 1.807) is 11.0 Å². The molecular weight excluding hydrogens is 414 g/mol. The first-order chi connectivity index (χ1) is 15.0. The molecule has 0 spiro atoms. The van der Waals surface area contributed by atoms with E-state index in [1.165, 1.54) is 11.8 Å². The van der Waals surface area contributed by atoms with Crippen LogP contribution in [0.5, 0.6) is 11.5 Å². The highest BCUT2D eigenvalue weighted by molar-refractivity contribution is 7.99. The molecule has 2 N–H and O–H groups in total. The van der Waals surface area contributed by atoms with Crippen molar-refractivity contribution in [2.75, 3.05) is 25.4 Å². The maximum Gasteiger partial charge on any atom is 0.249 e. The molecule has 0 unspecified atom stereocenters. The van der Waals surface area contributed by atoms with Gasteiger partial charge in [0.15, 0.2) is 17.6 Å². The summed E-state index contributed by atoms with van der Waals surface area (Å²) in [6.45, 7) is 3.31. The summed E-state index contributed by atoms with van der Waals surface area (Å²) in [5, 5.41) is 1.29. The van der Waals surface area contributed by atoms with Gasteiger partial charge in [0.25, 0.3) is 0 Å². The van der Waals surface area contributed by atoms with Crippen LogP contribution in [0.4, 0.5) is 0 Å². The van der Waals surface area contributed by atoms with E-state index in [-0.39, 0.29) is 17.8 Å². The zero-order chi connectivity index (χ0) is 21.8. The molecule has 1 aromatic heterocycles. The first-order valence-electron chi connectivity index (χ1n) is 10.0. The molecule has 0 saturated carbocycles. The fourth-order valence-electron chi connectivity index (χ4n) is 3.46. The molecule has 0 aliphatic carbocycles. The Labute approximate surface area is 184 Å². The minimum Gasteiger partial charge on any atom is -0.486 e. The maximum atomic E-state index is 12.8. The van der Waals surface area contributed by atoms with Crippen molar-refractivity contribution in [2.24, 2.45) is 5.73 Å². The Morgan fingerprint density at radius 2 is 1.90 bits per heavy atom. The number of hydrogen-bond donors (Lipinski definition) is 1. The summed E-state index contributed by atoms with van der Waals surface area (Å²) < 4.78 is 11.7. The Morgan fingerprint density at radius 1 is 1.16 bits per heavy atom. The quantitative estimate of drug-likeness (QED) is 0.571. The first kappa shape index (κ1) is 21.0. The number of thioether (sulfide) groups is 1. The average molecular weight is 438 g/mol. The first-order valence-corrected chi connectivity index (χ1v) is 11.0. The fourth-order valence-corrected chi connectivity index (χ4v) is 4.28. The van der Waals surface area contributed by atoms with Crippen LogP contribution < -0.4 is 15.2 Å². The molecule has 1 aliphatic heterocycles. The van der Waals surface area contributed by atoms with Crippen LogP contribution in [0.3, 0.4) is 0 Å². The maximum absolute atomic E-state index is 12.8. The van der Waals surface area contributed by atoms with Crippen molar-refractivity contribution in [3.63, 3.8) is 0 Å². The molecule has 0 bridgehead atoms. The number of nitrogens with two attached hydrogens (primary N) is 1. The fraction of sp³-hybridized carbons (Fsp3) is 0.261. The average Bonchev–Trinajstić information content (AvgIpc) is 2.80. The van der Waals surface area contributed by atoms with Crippen molar-refractivity contribution in [2.45, 2.75) is 18.1 Å². The molecule has 0 fully saturated rings. The Bertz CT molecular complexity index is 1120. The molecule has 2 amide bonds. The van der Waals surface area contributed by atoms with Crippen LogP contribution in [0, 0.1) is 0 Å². The minimum absolute atomic E-state index is 0.0365. The molecule has 3 aromatic rings. The second kappa shape index (κ2) is 9.26. The molecule has 31 heavy (non-hydrogen) atoms. The number of pyridine rings is 1. The van der Waals surface area contributed by atoms with Gasteiger partial charge in [0, 0.05) is 11.9 Å². The predicted molar refractivity (Wildman–Crippen MR) is 120 cm³/mol. The molecule has 1 aliphatic rings. The van der Waals surface area contributed by atoms with E-state index in [1.807, 2.05) is 55.5 Å². The van der Waals surface area contributed by atoms with Gasteiger partial charge in [-0.3, -0.25) is 9.59 Å². The number of hydrogen-bond acceptors (Lipinski definition) is 6. The van der Waals surface area contributed by atoms with Gasteiger partial charge < -0.3 is 20.1 Å². The van der Waals surface area contributed by atoms with E-state index in [2.05, 4.69) is 4.98 Å². The van der Waals surface area contributed by atoms with Gasteiger partial charge in [-0.05, 0) is 31.2 Å². The molecule has 160 valence electrons. The van der Waals surface area contributed by atoms with Gasteiger partial charge in [-0.2, -0.15) is 0 Å².